The summed E-state index contributed by atoms with van der Waals surface area (Å²) in [6, 6.07) is 18.7. The Hall–Kier alpha value is -4.10. The van der Waals surface area contributed by atoms with Crippen LogP contribution in [0.3, 0.4) is 0 Å². The van der Waals surface area contributed by atoms with Crippen molar-refractivity contribution in [3.05, 3.63) is 72.8 Å². The normalized spacial score (nSPS) is 12.6. The fraction of sp³-hybridized carbons (Fsp3) is 0. The van der Waals surface area contributed by atoms with Crippen LogP contribution < -0.4 is 0 Å². The first-order chi connectivity index (χ1) is 17.1. The van der Waals surface area contributed by atoms with E-state index in [-0.39, 0.29) is 32.7 Å². The minimum Gasteiger partial charge on any atom is -0.436 e. The van der Waals surface area contributed by atoms with Gasteiger partial charge in [0.05, 0.1) is 9.79 Å². The number of rotatable bonds is 4. The fourth-order valence-electron chi connectivity index (χ4n) is 4.03. The number of fused-ring (bicyclic) bond motifs is 3. The van der Waals surface area contributed by atoms with Crippen LogP contribution in [-0.4, -0.2) is 35.9 Å². The van der Waals surface area contributed by atoms with Gasteiger partial charge in [0, 0.05) is 23.3 Å². The molecule has 0 spiro atoms. The van der Waals surface area contributed by atoms with Crippen LogP contribution in [0.25, 0.3) is 55.9 Å². The zero-order valence-electron chi connectivity index (χ0n) is 18.0. The first-order valence-electron chi connectivity index (χ1n) is 10.4. The molecule has 0 aliphatic rings. The third-order valence-electron chi connectivity index (χ3n) is 5.70. The number of nitrogens with zero attached hydrogens (tertiary/aromatic N) is 2. The molecule has 0 aliphatic heterocycles. The van der Waals surface area contributed by atoms with Crippen molar-refractivity contribution in [3.63, 3.8) is 0 Å². The van der Waals surface area contributed by atoms with E-state index in [4.69, 9.17) is 8.83 Å². The predicted molar refractivity (Wildman–Crippen MR) is 130 cm³/mol. The van der Waals surface area contributed by atoms with E-state index >= 15 is 0 Å². The predicted octanol–water partition coefficient (Wildman–Crippen LogP) is 4.95. The number of benzene rings is 4. The quantitative estimate of drug-likeness (QED) is 0.303. The topological polar surface area (TPSA) is 161 Å². The molecule has 10 nitrogen and oxygen atoms in total. The third-order valence-corrected chi connectivity index (χ3v) is 7.40. The second kappa shape index (κ2) is 7.70. The molecule has 2 N–H and O–H groups in total. The van der Waals surface area contributed by atoms with Crippen LogP contribution >= 0.6 is 0 Å². The minimum atomic E-state index is -4.40. The maximum atomic E-state index is 11.5. The Bertz CT molecular complexity index is 1910. The molecule has 6 rings (SSSR count). The average molecular weight is 523 g/mol. The molecule has 0 saturated heterocycles. The number of hydrogen-bond acceptors (Lipinski definition) is 8. The molecule has 0 aliphatic carbocycles. The molecule has 0 radical (unpaired) electrons. The van der Waals surface area contributed by atoms with Gasteiger partial charge in [0.15, 0.2) is 11.2 Å². The summed E-state index contributed by atoms with van der Waals surface area (Å²) < 4.78 is 76.2. The Morgan fingerprint density at radius 2 is 1.00 bits per heavy atom. The van der Waals surface area contributed by atoms with Gasteiger partial charge < -0.3 is 8.83 Å². The Balaban J connectivity index is 1.51. The maximum Gasteiger partial charge on any atom is 0.294 e. The lowest BCUT2D eigenvalue weighted by atomic mass is 9.99. The summed E-state index contributed by atoms with van der Waals surface area (Å²) in [6.07, 6.45) is 0. The van der Waals surface area contributed by atoms with Crippen molar-refractivity contribution in [2.45, 2.75) is 9.79 Å². The van der Waals surface area contributed by atoms with Gasteiger partial charge in [-0.3, -0.25) is 9.11 Å². The van der Waals surface area contributed by atoms with Crippen molar-refractivity contribution < 1.29 is 34.8 Å². The molecule has 12 heteroatoms. The van der Waals surface area contributed by atoms with Crippen molar-refractivity contribution in [2.75, 3.05) is 0 Å². The van der Waals surface area contributed by atoms with Crippen LogP contribution in [0.5, 0.6) is 0 Å². The van der Waals surface area contributed by atoms with Crippen LogP contribution in [0.15, 0.2) is 91.4 Å². The highest BCUT2D eigenvalue weighted by atomic mass is 32.2. The van der Waals surface area contributed by atoms with Crippen LogP contribution in [0, 0.1) is 0 Å². The summed E-state index contributed by atoms with van der Waals surface area (Å²) in [5, 5.41) is 1.50. The highest BCUT2D eigenvalue weighted by molar-refractivity contribution is 7.86. The summed E-state index contributed by atoms with van der Waals surface area (Å²) in [6.45, 7) is 0. The van der Waals surface area contributed by atoms with Crippen LogP contribution in [-0.2, 0) is 20.2 Å². The van der Waals surface area contributed by atoms with Gasteiger partial charge in [-0.1, -0.05) is 24.3 Å². The summed E-state index contributed by atoms with van der Waals surface area (Å²) >= 11 is 0. The van der Waals surface area contributed by atoms with Gasteiger partial charge in [-0.2, -0.15) is 16.8 Å². The smallest absolute Gasteiger partial charge is 0.294 e. The number of hydrogen-bond donors (Lipinski definition) is 2. The standard InChI is InChI=1S/C24H14N2O8S2/c27-35(28,29)13-5-9-19-21(11-13)33-23(25-19)17-7-8-18(16-4-2-1-3-15(16)17)24-26-20-10-6-14(36(30,31)32)12-22(20)34-24/h1-12H,(H,27,28,29)(H,30,31,32). The first-order valence-corrected chi connectivity index (χ1v) is 13.2. The van der Waals surface area contributed by atoms with E-state index in [9.17, 15) is 25.9 Å². The molecule has 36 heavy (non-hydrogen) atoms. The van der Waals surface area contributed by atoms with Crippen molar-refractivity contribution in [2.24, 2.45) is 0 Å². The summed E-state index contributed by atoms with van der Waals surface area (Å²) in [4.78, 5) is 8.33. The Morgan fingerprint density at radius 3 is 1.39 bits per heavy atom. The zero-order valence-corrected chi connectivity index (χ0v) is 19.6. The van der Waals surface area contributed by atoms with E-state index in [0.29, 0.717) is 22.2 Å². The van der Waals surface area contributed by atoms with Gasteiger partial charge >= 0.3 is 0 Å². The lowest BCUT2D eigenvalue weighted by molar-refractivity contribution is 0.481. The number of aromatic nitrogens is 2. The second-order valence-corrected chi connectivity index (χ2v) is 10.8. The molecule has 0 fully saturated rings. The molecule has 0 amide bonds. The van der Waals surface area contributed by atoms with Crippen LogP contribution in [0.4, 0.5) is 0 Å². The third kappa shape index (κ3) is 3.72. The maximum absolute atomic E-state index is 11.5. The van der Waals surface area contributed by atoms with Gasteiger partial charge in [0.2, 0.25) is 11.8 Å². The van der Waals surface area contributed by atoms with E-state index in [1.54, 1.807) is 12.1 Å². The fourth-order valence-corrected chi connectivity index (χ4v) is 5.03. The highest BCUT2D eigenvalue weighted by Crippen LogP contribution is 2.37. The molecular weight excluding hydrogens is 508 g/mol. The largest absolute Gasteiger partial charge is 0.436 e. The lowest BCUT2D eigenvalue weighted by Crippen LogP contribution is -1.96. The molecular formula is C24H14N2O8S2. The lowest BCUT2D eigenvalue weighted by Gasteiger charge is -2.07. The molecule has 180 valence electrons. The Morgan fingerprint density at radius 1 is 0.583 bits per heavy atom. The molecule has 6 aromatic rings. The average Bonchev–Trinajstić information content (AvgIpc) is 3.45. The van der Waals surface area contributed by atoms with E-state index < -0.39 is 20.2 Å². The van der Waals surface area contributed by atoms with Gasteiger partial charge in [-0.05, 0) is 47.2 Å². The van der Waals surface area contributed by atoms with Gasteiger partial charge in [0.25, 0.3) is 20.2 Å². The SMILES string of the molecule is O=S(=O)(O)c1ccc2nc(-c3ccc(-c4nc5ccc(S(=O)(=O)O)cc5o4)c4ccccc34)oc2c1. The Kier molecular flexibility index (Phi) is 4.78. The molecule has 4 aromatic carbocycles. The molecule has 2 heterocycles. The monoisotopic (exact) mass is 522 g/mol. The number of oxazole rings is 2. The summed E-state index contributed by atoms with van der Waals surface area (Å²) in [5.74, 6) is 0.492. The van der Waals surface area contributed by atoms with Crippen molar-refractivity contribution in [1.29, 1.82) is 0 Å². The Labute approximate surface area is 203 Å². The molecule has 0 bridgehead atoms. The van der Waals surface area contributed by atoms with Crippen molar-refractivity contribution in [1.82, 2.24) is 9.97 Å². The van der Waals surface area contributed by atoms with Gasteiger partial charge in [-0.25, -0.2) is 9.97 Å². The molecule has 2 aromatic heterocycles. The summed E-state index contributed by atoms with van der Waals surface area (Å²) in [7, 11) is -8.79. The highest BCUT2D eigenvalue weighted by Gasteiger charge is 2.19. The second-order valence-electron chi connectivity index (χ2n) is 7.95. The molecule has 0 unspecified atom stereocenters. The summed E-state index contributed by atoms with van der Waals surface area (Å²) in [5.41, 5.74) is 2.48. The molecule has 0 atom stereocenters. The zero-order chi connectivity index (χ0) is 25.2. The van der Waals surface area contributed by atoms with Crippen LogP contribution in [0.1, 0.15) is 0 Å². The van der Waals surface area contributed by atoms with E-state index in [2.05, 4.69) is 9.97 Å². The van der Waals surface area contributed by atoms with Gasteiger partial charge in [0.1, 0.15) is 11.0 Å². The molecule has 0 saturated carbocycles. The van der Waals surface area contributed by atoms with Crippen molar-refractivity contribution in [3.8, 4) is 22.9 Å². The van der Waals surface area contributed by atoms with Crippen molar-refractivity contribution >= 4 is 53.2 Å². The minimum absolute atomic E-state index is 0.196. The first kappa shape index (κ1) is 22.4. The van der Waals surface area contributed by atoms with Crippen LogP contribution in [0.2, 0.25) is 0 Å². The van der Waals surface area contributed by atoms with E-state index in [1.807, 2.05) is 24.3 Å². The van der Waals surface area contributed by atoms with E-state index in [1.165, 1.54) is 36.4 Å². The van der Waals surface area contributed by atoms with Gasteiger partial charge in [-0.15, -0.1) is 0 Å². The van der Waals surface area contributed by atoms with E-state index in [0.717, 1.165) is 10.8 Å².